The van der Waals surface area contributed by atoms with Crippen molar-refractivity contribution in [1.29, 1.82) is 0 Å². The second-order valence-corrected chi connectivity index (χ2v) is 8.54. The molecule has 2 aromatic carbocycles. The van der Waals surface area contributed by atoms with Crippen LogP contribution in [0.3, 0.4) is 0 Å². The van der Waals surface area contributed by atoms with E-state index in [4.69, 9.17) is 4.74 Å². The summed E-state index contributed by atoms with van der Waals surface area (Å²) in [5.74, 6) is 0.403. The first kappa shape index (κ1) is 23.8. The number of hydrogen-bond donors (Lipinski definition) is 3. The fourth-order valence-corrected chi connectivity index (χ4v) is 4.12. The van der Waals surface area contributed by atoms with E-state index in [1.54, 1.807) is 7.11 Å². The van der Waals surface area contributed by atoms with Gasteiger partial charge in [0, 0.05) is 18.3 Å². The first-order valence-electron chi connectivity index (χ1n) is 11.1. The van der Waals surface area contributed by atoms with Crippen molar-refractivity contribution in [2.24, 2.45) is 0 Å². The van der Waals surface area contributed by atoms with Gasteiger partial charge in [-0.3, -0.25) is 15.0 Å². The molecule has 1 aliphatic rings. The van der Waals surface area contributed by atoms with Crippen LogP contribution in [0.2, 0.25) is 0 Å². The quantitative estimate of drug-likeness (QED) is 0.611. The van der Waals surface area contributed by atoms with E-state index in [1.807, 2.05) is 56.3 Å². The van der Waals surface area contributed by atoms with Crippen LogP contribution in [0.25, 0.3) is 0 Å². The van der Waals surface area contributed by atoms with Crippen molar-refractivity contribution < 1.29 is 19.4 Å². The molecule has 0 radical (unpaired) electrons. The summed E-state index contributed by atoms with van der Waals surface area (Å²) in [6.45, 7) is 4.51. The van der Waals surface area contributed by atoms with Crippen molar-refractivity contribution in [3.63, 3.8) is 0 Å². The van der Waals surface area contributed by atoms with E-state index in [9.17, 15) is 14.7 Å². The van der Waals surface area contributed by atoms with Crippen LogP contribution in [-0.2, 0) is 11.3 Å². The minimum Gasteiger partial charge on any atom is -0.497 e. The number of nitrogens with zero attached hydrogens (tertiary/aromatic N) is 1. The molecular formula is C25H33N3O4. The number of carbonyl (C=O) groups is 2. The fraction of sp³-hybridized carbons (Fsp3) is 0.440. The zero-order valence-corrected chi connectivity index (χ0v) is 19.1. The smallest absolute Gasteiger partial charge is 0.325 e. The molecule has 32 heavy (non-hydrogen) atoms. The molecule has 0 atom stereocenters. The van der Waals surface area contributed by atoms with Gasteiger partial charge >= 0.3 is 6.03 Å². The molecule has 2 aromatic rings. The minimum atomic E-state index is -0.538. The van der Waals surface area contributed by atoms with Crippen molar-refractivity contribution in [1.82, 2.24) is 10.2 Å². The van der Waals surface area contributed by atoms with Crippen LogP contribution in [0.1, 0.15) is 42.4 Å². The maximum Gasteiger partial charge on any atom is 0.325 e. The summed E-state index contributed by atoms with van der Waals surface area (Å²) < 4.78 is 5.32. The van der Waals surface area contributed by atoms with Crippen LogP contribution < -0.4 is 15.4 Å². The second-order valence-electron chi connectivity index (χ2n) is 8.54. The van der Waals surface area contributed by atoms with Crippen molar-refractivity contribution in [2.75, 3.05) is 19.0 Å². The number of aryl methyl sites for hydroxylation is 2. The zero-order chi connectivity index (χ0) is 23.1. The highest BCUT2D eigenvalue weighted by molar-refractivity contribution is 6.02. The number of benzene rings is 2. The lowest BCUT2D eigenvalue weighted by Gasteiger charge is -2.35. The van der Waals surface area contributed by atoms with Crippen molar-refractivity contribution in [3.8, 4) is 5.75 Å². The molecule has 0 spiro atoms. The van der Waals surface area contributed by atoms with E-state index < -0.39 is 6.03 Å². The van der Waals surface area contributed by atoms with E-state index in [2.05, 4.69) is 15.5 Å². The average Bonchev–Trinajstić information content (AvgIpc) is 2.76. The van der Waals surface area contributed by atoms with Crippen molar-refractivity contribution in [3.05, 3.63) is 59.2 Å². The summed E-state index contributed by atoms with van der Waals surface area (Å²) in [6.07, 6.45) is 2.78. The first-order valence-corrected chi connectivity index (χ1v) is 11.1. The Balaban J connectivity index is 1.65. The number of carbonyl (C=O) groups excluding carboxylic acids is 2. The van der Waals surface area contributed by atoms with Crippen LogP contribution in [0, 0.1) is 13.8 Å². The van der Waals surface area contributed by atoms with Gasteiger partial charge in [-0.1, -0.05) is 24.3 Å². The second kappa shape index (κ2) is 11.1. The predicted molar refractivity (Wildman–Crippen MR) is 125 cm³/mol. The highest BCUT2D eigenvalue weighted by Gasteiger charge is 2.27. The molecule has 172 valence electrons. The van der Waals surface area contributed by atoms with Crippen LogP contribution in [0.5, 0.6) is 5.75 Å². The highest BCUT2D eigenvalue weighted by Crippen LogP contribution is 2.25. The lowest BCUT2D eigenvalue weighted by atomic mass is 9.91. The number of amides is 3. The third-order valence-electron chi connectivity index (χ3n) is 5.94. The summed E-state index contributed by atoms with van der Waals surface area (Å²) in [7, 11) is 1.63. The van der Waals surface area contributed by atoms with E-state index in [0.717, 1.165) is 35.3 Å². The van der Waals surface area contributed by atoms with Gasteiger partial charge in [0.2, 0.25) is 5.91 Å². The Bertz CT molecular complexity index is 939. The Morgan fingerprint density at radius 2 is 1.84 bits per heavy atom. The third-order valence-corrected chi connectivity index (χ3v) is 5.94. The first-order chi connectivity index (χ1) is 15.3. The normalized spacial score (nSPS) is 18.3. The molecule has 7 heteroatoms. The molecule has 3 rings (SSSR count). The summed E-state index contributed by atoms with van der Waals surface area (Å²) in [5.41, 5.74) is 3.67. The van der Waals surface area contributed by atoms with Gasteiger partial charge in [0.1, 0.15) is 5.75 Å². The van der Waals surface area contributed by atoms with Crippen LogP contribution in [0.4, 0.5) is 10.5 Å². The summed E-state index contributed by atoms with van der Waals surface area (Å²) in [4.78, 5) is 27.2. The van der Waals surface area contributed by atoms with Gasteiger partial charge in [-0.05, 0) is 74.4 Å². The number of anilines is 1. The molecule has 3 N–H and O–H groups in total. The molecule has 7 nitrogen and oxygen atoms in total. The Morgan fingerprint density at radius 3 is 2.56 bits per heavy atom. The molecule has 1 aliphatic carbocycles. The zero-order valence-electron chi connectivity index (χ0n) is 19.1. The van der Waals surface area contributed by atoms with Crippen molar-refractivity contribution in [2.45, 2.75) is 58.2 Å². The van der Waals surface area contributed by atoms with E-state index >= 15 is 0 Å². The number of aliphatic hydroxyl groups excluding tert-OH is 1. The van der Waals surface area contributed by atoms with E-state index in [0.29, 0.717) is 25.1 Å². The monoisotopic (exact) mass is 439 g/mol. The number of aliphatic hydroxyl groups is 1. The molecule has 1 saturated carbocycles. The molecule has 3 amide bonds. The number of hydrogen-bond acceptors (Lipinski definition) is 5. The molecule has 0 bridgehead atoms. The van der Waals surface area contributed by atoms with Gasteiger partial charge < -0.3 is 15.2 Å². The molecule has 0 saturated heterocycles. The standard InChI is InChI=1S/C25H33N3O4/c1-17-7-8-18(2)23(13-17)26-25(31)27-24(30)16-28(20-9-11-21(29)12-10-20)15-19-5-4-6-22(14-19)32-3/h4-8,13-14,20-21,29H,9-12,15-16H2,1-3H3,(H2,26,27,30,31). The Labute approximate surface area is 189 Å². The maximum absolute atomic E-state index is 12.7. The summed E-state index contributed by atoms with van der Waals surface area (Å²) in [6, 6.07) is 13.2. The number of urea groups is 1. The van der Waals surface area contributed by atoms with Gasteiger partial charge in [0.25, 0.3) is 0 Å². The van der Waals surface area contributed by atoms with Crippen LogP contribution in [-0.4, -0.2) is 47.7 Å². The van der Waals surface area contributed by atoms with Gasteiger partial charge in [-0.15, -0.1) is 0 Å². The number of methoxy groups -OCH3 is 1. The number of rotatable bonds is 7. The molecule has 0 unspecified atom stereocenters. The van der Waals surface area contributed by atoms with Gasteiger partial charge in [-0.2, -0.15) is 0 Å². The topological polar surface area (TPSA) is 90.9 Å². The van der Waals surface area contributed by atoms with E-state index in [1.165, 1.54) is 0 Å². The van der Waals surface area contributed by atoms with Gasteiger partial charge in [0.15, 0.2) is 0 Å². The molecule has 0 aliphatic heterocycles. The van der Waals surface area contributed by atoms with Crippen LogP contribution in [0.15, 0.2) is 42.5 Å². The van der Waals surface area contributed by atoms with E-state index in [-0.39, 0.29) is 24.6 Å². The van der Waals surface area contributed by atoms with Gasteiger partial charge in [0.05, 0.1) is 19.8 Å². The SMILES string of the molecule is COc1cccc(CN(CC(=O)NC(=O)Nc2cc(C)ccc2C)C2CCC(O)CC2)c1. The number of imide groups is 1. The Hall–Kier alpha value is -2.90. The van der Waals surface area contributed by atoms with Crippen molar-refractivity contribution >= 4 is 17.6 Å². The number of nitrogens with one attached hydrogen (secondary N) is 2. The van der Waals surface area contributed by atoms with Gasteiger partial charge in [-0.25, -0.2) is 4.79 Å². The lowest BCUT2D eigenvalue weighted by molar-refractivity contribution is -0.122. The van der Waals surface area contributed by atoms with Crippen LogP contribution >= 0.6 is 0 Å². The molecule has 0 aromatic heterocycles. The molecular weight excluding hydrogens is 406 g/mol. The molecule has 1 fully saturated rings. The summed E-state index contributed by atoms with van der Waals surface area (Å²) in [5, 5.41) is 15.1. The minimum absolute atomic E-state index is 0.0954. The largest absolute Gasteiger partial charge is 0.497 e. The average molecular weight is 440 g/mol. The molecule has 0 heterocycles. The fourth-order valence-electron chi connectivity index (χ4n) is 4.12. The summed E-state index contributed by atoms with van der Waals surface area (Å²) >= 11 is 0. The maximum atomic E-state index is 12.7. The predicted octanol–water partition coefficient (Wildman–Crippen LogP) is 3.77. The Morgan fingerprint density at radius 1 is 1.09 bits per heavy atom. The third kappa shape index (κ3) is 6.80. The highest BCUT2D eigenvalue weighted by atomic mass is 16.5. The lowest BCUT2D eigenvalue weighted by Crippen LogP contribution is -2.46. The Kier molecular flexibility index (Phi) is 8.25. The number of ether oxygens (including phenoxy) is 1.